The number of likely N-dealkylation sites (tertiary alicyclic amines) is 2. The molecule has 0 radical (unpaired) electrons. The number of carbonyl (C=O) groups is 1. The number of amides is 1. The third-order valence-corrected chi connectivity index (χ3v) is 9.06. The van der Waals surface area contributed by atoms with Crippen LogP contribution in [0.4, 0.5) is 0 Å². The number of carbonyl (C=O) groups excluding carboxylic acids is 1. The zero-order chi connectivity index (χ0) is 24.5. The van der Waals surface area contributed by atoms with Gasteiger partial charge in [0.1, 0.15) is 0 Å². The lowest BCUT2D eigenvalue weighted by Crippen LogP contribution is -2.38. The average molecular weight is 515 g/mol. The van der Waals surface area contributed by atoms with E-state index in [1.165, 1.54) is 11.1 Å². The van der Waals surface area contributed by atoms with Crippen LogP contribution in [0.25, 0.3) is 10.8 Å². The normalized spacial score (nSPS) is 21.3. The molecule has 5 heteroatoms. The van der Waals surface area contributed by atoms with E-state index in [1.54, 1.807) is 11.3 Å². The maximum absolute atomic E-state index is 13.7. The number of hydrogen-bond acceptors (Lipinski definition) is 3. The Kier molecular flexibility index (Phi) is 6.83. The Morgan fingerprint density at radius 2 is 1.72 bits per heavy atom. The highest BCUT2D eigenvalue weighted by Gasteiger charge is 2.38. The van der Waals surface area contributed by atoms with Gasteiger partial charge in [-0.15, -0.1) is 0 Å². The monoisotopic (exact) mass is 514 g/mol. The number of fused-ring (bicyclic) bond motifs is 1. The van der Waals surface area contributed by atoms with Crippen LogP contribution >= 0.6 is 22.9 Å². The summed E-state index contributed by atoms with van der Waals surface area (Å²) in [5.41, 5.74) is 3.57. The van der Waals surface area contributed by atoms with Crippen LogP contribution < -0.4 is 0 Å². The molecular formula is C31H31ClN2OS. The predicted octanol–water partition coefficient (Wildman–Crippen LogP) is 7.29. The highest BCUT2D eigenvalue weighted by molar-refractivity contribution is 7.08. The summed E-state index contributed by atoms with van der Waals surface area (Å²) in [5, 5.41) is 7.43. The van der Waals surface area contributed by atoms with Gasteiger partial charge >= 0.3 is 0 Å². The van der Waals surface area contributed by atoms with E-state index in [4.69, 9.17) is 11.6 Å². The highest BCUT2D eigenvalue weighted by Crippen LogP contribution is 2.37. The Labute approximate surface area is 222 Å². The van der Waals surface area contributed by atoms with Gasteiger partial charge in [-0.2, -0.15) is 11.3 Å². The van der Waals surface area contributed by atoms with Crippen LogP contribution in [0.15, 0.2) is 83.6 Å². The van der Waals surface area contributed by atoms with E-state index >= 15 is 0 Å². The Hall–Kier alpha value is -2.66. The van der Waals surface area contributed by atoms with Crippen molar-refractivity contribution in [1.82, 2.24) is 9.80 Å². The van der Waals surface area contributed by atoms with E-state index in [2.05, 4.69) is 63.0 Å². The zero-order valence-electron chi connectivity index (χ0n) is 20.4. The van der Waals surface area contributed by atoms with Crippen molar-refractivity contribution in [2.24, 2.45) is 5.92 Å². The molecule has 0 bridgehead atoms. The van der Waals surface area contributed by atoms with Crippen molar-refractivity contribution in [3.63, 3.8) is 0 Å². The molecule has 2 atom stereocenters. The minimum Gasteiger partial charge on any atom is -0.338 e. The van der Waals surface area contributed by atoms with Crippen LogP contribution in [0.3, 0.4) is 0 Å². The smallest absolute Gasteiger partial charge is 0.254 e. The van der Waals surface area contributed by atoms with Crippen molar-refractivity contribution >= 4 is 39.6 Å². The molecule has 4 aromatic rings. The molecule has 0 N–H and O–H groups in total. The second-order valence-corrected chi connectivity index (χ2v) is 11.5. The number of halogens is 1. The van der Waals surface area contributed by atoms with E-state index in [1.807, 2.05) is 30.3 Å². The molecule has 36 heavy (non-hydrogen) atoms. The maximum atomic E-state index is 13.7. The molecule has 3 heterocycles. The second-order valence-electron chi connectivity index (χ2n) is 10.3. The molecule has 0 spiro atoms. The van der Waals surface area contributed by atoms with Gasteiger partial charge in [-0.1, -0.05) is 60.1 Å². The molecule has 2 aliphatic rings. The van der Waals surface area contributed by atoms with Gasteiger partial charge in [-0.3, -0.25) is 4.79 Å². The minimum atomic E-state index is 0.161. The Balaban J connectivity index is 1.17. The quantitative estimate of drug-likeness (QED) is 0.279. The second kappa shape index (κ2) is 10.4. The highest BCUT2D eigenvalue weighted by atomic mass is 35.5. The van der Waals surface area contributed by atoms with Crippen LogP contribution in [0.1, 0.15) is 46.2 Å². The van der Waals surface area contributed by atoms with E-state index in [-0.39, 0.29) is 5.91 Å². The molecule has 184 valence electrons. The van der Waals surface area contributed by atoms with Crippen molar-refractivity contribution in [2.75, 3.05) is 32.7 Å². The fourth-order valence-electron chi connectivity index (χ4n) is 6.21. The van der Waals surface area contributed by atoms with Crippen molar-refractivity contribution in [3.8, 4) is 0 Å². The minimum absolute atomic E-state index is 0.161. The SMILES string of the molecule is O=C(c1cccc2ccccc12)N1CC(CN2CCC(c3cccc(Cl)c3)CC2)C(c2ccsc2)C1. The molecule has 2 saturated heterocycles. The number of piperidine rings is 1. The van der Waals surface area contributed by atoms with Crippen LogP contribution in [0, 0.1) is 5.92 Å². The summed E-state index contributed by atoms with van der Waals surface area (Å²) in [6.45, 7) is 4.85. The third-order valence-electron chi connectivity index (χ3n) is 8.12. The van der Waals surface area contributed by atoms with Gasteiger partial charge in [0, 0.05) is 36.1 Å². The van der Waals surface area contributed by atoms with Crippen molar-refractivity contribution in [3.05, 3.63) is 105 Å². The lowest BCUT2D eigenvalue weighted by Gasteiger charge is -2.34. The van der Waals surface area contributed by atoms with Crippen LogP contribution in [0.2, 0.25) is 5.02 Å². The molecule has 3 nitrogen and oxygen atoms in total. The lowest BCUT2D eigenvalue weighted by molar-refractivity contribution is 0.0783. The molecular weight excluding hydrogens is 484 g/mol. The first kappa shape index (κ1) is 23.7. The number of thiophene rings is 1. The van der Waals surface area contributed by atoms with Gasteiger partial charge in [0.2, 0.25) is 0 Å². The Morgan fingerprint density at radius 3 is 2.53 bits per heavy atom. The fraction of sp³-hybridized carbons (Fsp3) is 0.323. The number of benzene rings is 3. The summed E-state index contributed by atoms with van der Waals surface area (Å²) in [4.78, 5) is 18.5. The zero-order valence-corrected chi connectivity index (χ0v) is 21.9. The van der Waals surface area contributed by atoms with Gasteiger partial charge in [-0.25, -0.2) is 0 Å². The summed E-state index contributed by atoms with van der Waals surface area (Å²) in [5.74, 6) is 1.58. The largest absolute Gasteiger partial charge is 0.338 e. The van der Waals surface area contributed by atoms with Crippen LogP contribution in [0.5, 0.6) is 0 Å². The molecule has 1 amide bonds. The summed E-state index contributed by atoms with van der Waals surface area (Å²) in [6, 6.07) is 24.9. The Bertz CT molecular complexity index is 1340. The van der Waals surface area contributed by atoms with Crippen molar-refractivity contribution < 1.29 is 4.79 Å². The first-order valence-electron chi connectivity index (χ1n) is 12.9. The summed E-state index contributed by atoms with van der Waals surface area (Å²) < 4.78 is 0. The number of rotatable bonds is 5. The first-order valence-corrected chi connectivity index (χ1v) is 14.2. The van der Waals surface area contributed by atoms with E-state index < -0.39 is 0 Å². The van der Waals surface area contributed by atoms with Gasteiger partial charge < -0.3 is 9.80 Å². The predicted molar refractivity (Wildman–Crippen MR) is 150 cm³/mol. The van der Waals surface area contributed by atoms with E-state index in [0.717, 1.165) is 66.9 Å². The maximum Gasteiger partial charge on any atom is 0.254 e. The van der Waals surface area contributed by atoms with E-state index in [0.29, 0.717) is 17.8 Å². The van der Waals surface area contributed by atoms with Gasteiger partial charge in [0.05, 0.1) is 0 Å². The summed E-state index contributed by atoms with van der Waals surface area (Å²) >= 11 is 8.00. The fourth-order valence-corrected chi connectivity index (χ4v) is 7.13. The average Bonchev–Trinajstić information content (AvgIpc) is 3.59. The molecule has 1 aromatic heterocycles. The summed E-state index contributed by atoms with van der Waals surface area (Å²) in [6.07, 6.45) is 2.32. The van der Waals surface area contributed by atoms with Crippen LogP contribution in [-0.4, -0.2) is 48.4 Å². The van der Waals surface area contributed by atoms with Crippen molar-refractivity contribution in [1.29, 1.82) is 0 Å². The summed E-state index contributed by atoms with van der Waals surface area (Å²) in [7, 11) is 0. The molecule has 6 rings (SSSR count). The van der Waals surface area contributed by atoms with Gasteiger partial charge in [0.15, 0.2) is 0 Å². The third kappa shape index (κ3) is 4.82. The molecule has 3 aromatic carbocycles. The number of nitrogens with zero attached hydrogens (tertiary/aromatic N) is 2. The topological polar surface area (TPSA) is 23.6 Å². The van der Waals surface area contributed by atoms with Crippen LogP contribution in [-0.2, 0) is 0 Å². The molecule has 2 aliphatic heterocycles. The standard InChI is InChI=1S/C31H31ClN2OS/c32-27-8-3-7-24(17-27)22-11-14-33(15-12-22)18-26-19-34(20-30(26)25-13-16-36-21-25)31(35)29-10-4-6-23-5-1-2-9-28(23)29/h1-10,13,16-17,21-22,26,30H,11-12,14-15,18-20H2. The van der Waals surface area contributed by atoms with Gasteiger partial charge in [-0.05, 0) is 94.7 Å². The molecule has 2 unspecified atom stereocenters. The molecule has 0 saturated carbocycles. The first-order chi connectivity index (χ1) is 17.7. The van der Waals surface area contributed by atoms with Gasteiger partial charge in [0.25, 0.3) is 5.91 Å². The molecule has 2 fully saturated rings. The van der Waals surface area contributed by atoms with Crippen molar-refractivity contribution in [2.45, 2.75) is 24.7 Å². The van der Waals surface area contributed by atoms with E-state index in [9.17, 15) is 4.79 Å². The lowest BCUT2D eigenvalue weighted by atomic mass is 9.87. The molecule has 0 aliphatic carbocycles. The Morgan fingerprint density at radius 1 is 0.917 bits per heavy atom. The number of hydrogen-bond donors (Lipinski definition) is 0.